The van der Waals surface area contributed by atoms with Crippen molar-refractivity contribution in [3.8, 4) is 11.8 Å². The number of amides is 1. The zero-order chi connectivity index (χ0) is 15.2. The zero-order valence-corrected chi connectivity index (χ0v) is 13.7. The Morgan fingerprint density at radius 2 is 2.29 bits per heavy atom. The maximum Gasteiger partial charge on any atom is 0.261 e. The summed E-state index contributed by atoms with van der Waals surface area (Å²) in [5.74, 6) is 5.41. The minimum Gasteiger partial charge on any atom is -0.384 e. The maximum atomic E-state index is 12.2. The molecule has 0 aromatic carbocycles. The van der Waals surface area contributed by atoms with Crippen LogP contribution in [0.5, 0.6) is 0 Å². The lowest BCUT2D eigenvalue weighted by Gasteiger charge is -2.03. The third-order valence-electron chi connectivity index (χ3n) is 3.05. The van der Waals surface area contributed by atoms with Crippen molar-refractivity contribution in [1.82, 2.24) is 5.32 Å². The fourth-order valence-electron chi connectivity index (χ4n) is 1.92. The topological polar surface area (TPSA) is 49.3 Å². The van der Waals surface area contributed by atoms with E-state index in [4.69, 9.17) is 5.11 Å². The molecular formula is C16H17NO2S2. The van der Waals surface area contributed by atoms with Crippen LogP contribution in [-0.4, -0.2) is 17.6 Å². The minimum absolute atomic E-state index is 0.0735. The summed E-state index contributed by atoms with van der Waals surface area (Å²) in [6.45, 7) is 4.43. The summed E-state index contributed by atoms with van der Waals surface area (Å²) in [5.41, 5.74) is 2.26. The van der Waals surface area contributed by atoms with Crippen molar-refractivity contribution in [3.05, 3.63) is 43.3 Å². The molecule has 0 aliphatic carbocycles. The molecule has 21 heavy (non-hydrogen) atoms. The maximum absolute atomic E-state index is 12.2. The van der Waals surface area contributed by atoms with Crippen LogP contribution in [0.25, 0.3) is 0 Å². The van der Waals surface area contributed by atoms with Gasteiger partial charge in [0.25, 0.3) is 5.91 Å². The molecule has 2 N–H and O–H groups in total. The van der Waals surface area contributed by atoms with Crippen molar-refractivity contribution in [1.29, 1.82) is 0 Å². The van der Waals surface area contributed by atoms with E-state index in [0.29, 0.717) is 11.4 Å². The van der Waals surface area contributed by atoms with Crippen LogP contribution < -0.4 is 5.32 Å². The van der Waals surface area contributed by atoms with Gasteiger partial charge in [-0.2, -0.15) is 0 Å². The fraction of sp³-hybridized carbons (Fsp3) is 0.312. The normalized spacial score (nSPS) is 10.0. The molecule has 0 unspecified atom stereocenters. The van der Waals surface area contributed by atoms with E-state index in [0.717, 1.165) is 16.9 Å². The first-order chi connectivity index (χ1) is 10.2. The summed E-state index contributed by atoms with van der Waals surface area (Å²) in [4.78, 5) is 14.9. The van der Waals surface area contributed by atoms with E-state index < -0.39 is 0 Å². The zero-order valence-electron chi connectivity index (χ0n) is 12.0. The van der Waals surface area contributed by atoms with Gasteiger partial charge in [-0.15, -0.1) is 22.7 Å². The molecule has 3 nitrogen and oxygen atoms in total. The quantitative estimate of drug-likeness (QED) is 0.851. The summed E-state index contributed by atoms with van der Waals surface area (Å²) >= 11 is 3.03. The number of carbonyl (C=O) groups excluding carboxylic acids is 1. The number of rotatable bonds is 4. The monoisotopic (exact) mass is 319 g/mol. The van der Waals surface area contributed by atoms with Crippen LogP contribution >= 0.6 is 22.7 Å². The fourth-order valence-corrected chi connectivity index (χ4v) is 3.80. The summed E-state index contributed by atoms with van der Waals surface area (Å²) in [5, 5.41) is 13.7. The smallest absolute Gasteiger partial charge is 0.261 e. The predicted molar refractivity (Wildman–Crippen MR) is 87.9 cm³/mol. The number of hydrogen-bond acceptors (Lipinski definition) is 4. The first-order valence-corrected chi connectivity index (χ1v) is 8.39. The van der Waals surface area contributed by atoms with Crippen LogP contribution in [0.1, 0.15) is 37.5 Å². The van der Waals surface area contributed by atoms with E-state index in [1.54, 1.807) is 11.3 Å². The summed E-state index contributed by atoms with van der Waals surface area (Å²) in [7, 11) is 0. The Kier molecular flexibility index (Phi) is 5.57. The van der Waals surface area contributed by atoms with Crippen molar-refractivity contribution >= 4 is 28.6 Å². The van der Waals surface area contributed by atoms with Crippen LogP contribution in [0.3, 0.4) is 0 Å². The molecule has 2 heterocycles. The van der Waals surface area contributed by atoms with Crippen LogP contribution in [0.15, 0.2) is 17.5 Å². The van der Waals surface area contributed by atoms with Gasteiger partial charge in [-0.05, 0) is 42.0 Å². The number of carbonyl (C=O) groups is 1. The van der Waals surface area contributed by atoms with Gasteiger partial charge in [0, 0.05) is 4.88 Å². The Bertz CT molecular complexity index is 689. The molecule has 0 fully saturated rings. The average Bonchev–Trinajstić information content (AvgIpc) is 3.08. The van der Waals surface area contributed by atoms with Crippen molar-refractivity contribution in [3.63, 3.8) is 0 Å². The molecule has 2 aromatic heterocycles. The SMILES string of the molecule is CCc1ccsc1CNC(=O)c1cc(C)c(C#CCO)s1. The average molecular weight is 319 g/mol. The molecule has 0 saturated carbocycles. The van der Waals surface area contributed by atoms with E-state index in [9.17, 15) is 4.79 Å². The van der Waals surface area contributed by atoms with Crippen molar-refractivity contribution in [2.45, 2.75) is 26.8 Å². The third kappa shape index (κ3) is 3.94. The summed E-state index contributed by atoms with van der Waals surface area (Å²) in [6.07, 6.45) is 0.980. The Morgan fingerprint density at radius 3 is 3.00 bits per heavy atom. The van der Waals surface area contributed by atoms with E-state index in [1.165, 1.54) is 21.8 Å². The van der Waals surface area contributed by atoms with Gasteiger partial charge in [-0.3, -0.25) is 4.79 Å². The minimum atomic E-state index is -0.170. The van der Waals surface area contributed by atoms with E-state index in [-0.39, 0.29) is 12.5 Å². The van der Waals surface area contributed by atoms with Crippen molar-refractivity contribution < 1.29 is 9.90 Å². The lowest BCUT2D eigenvalue weighted by Crippen LogP contribution is -2.21. The van der Waals surface area contributed by atoms with Gasteiger partial charge < -0.3 is 10.4 Å². The molecule has 0 saturated heterocycles. The highest BCUT2D eigenvalue weighted by Crippen LogP contribution is 2.22. The van der Waals surface area contributed by atoms with Crippen molar-refractivity contribution in [2.24, 2.45) is 0 Å². The molecule has 0 aliphatic heterocycles. The van der Waals surface area contributed by atoms with Crippen LogP contribution in [-0.2, 0) is 13.0 Å². The molecule has 110 valence electrons. The molecule has 0 atom stereocenters. The predicted octanol–water partition coefficient (Wildman–Crippen LogP) is 2.95. The Hall–Kier alpha value is -1.61. The summed E-state index contributed by atoms with van der Waals surface area (Å²) < 4.78 is 0. The summed E-state index contributed by atoms with van der Waals surface area (Å²) in [6, 6.07) is 3.95. The molecule has 0 bridgehead atoms. The molecule has 1 amide bonds. The van der Waals surface area contributed by atoms with Gasteiger partial charge in [0.05, 0.1) is 16.3 Å². The van der Waals surface area contributed by atoms with Gasteiger partial charge in [0.15, 0.2) is 0 Å². The number of aliphatic hydroxyl groups excluding tert-OH is 1. The van der Waals surface area contributed by atoms with Crippen LogP contribution in [0, 0.1) is 18.8 Å². The molecule has 0 radical (unpaired) electrons. The van der Waals surface area contributed by atoms with Gasteiger partial charge in [-0.25, -0.2) is 0 Å². The van der Waals surface area contributed by atoms with Gasteiger partial charge in [-0.1, -0.05) is 18.8 Å². The van der Waals surface area contributed by atoms with Gasteiger partial charge in [0.2, 0.25) is 0 Å². The Labute approximate surface area is 132 Å². The molecular weight excluding hydrogens is 302 g/mol. The second-order valence-electron chi connectivity index (χ2n) is 4.49. The highest BCUT2D eigenvalue weighted by molar-refractivity contribution is 7.14. The number of aliphatic hydroxyl groups is 1. The van der Waals surface area contributed by atoms with E-state index >= 15 is 0 Å². The largest absolute Gasteiger partial charge is 0.384 e. The van der Waals surface area contributed by atoms with Gasteiger partial charge >= 0.3 is 0 Å². The highest BCUT2D eigenvalue weighted by atomic mass is 32.1. The Morgan fingerprint density at radius 1 is 1.48 bits per heavy atom. The molecule has 2 rings (SSSR count). The van der Waals surface area contributed by atoms with E-state index in [1.807, 2.05) is 13.0 Å². The first-order valence-electron chi connectivity index (χ1n) is 6.69. The highest BCUT2D eigenvalue weighted by Gasteiger charge is 2.12. The molecule has 2 aromatic rings. The molecule has 0 aliphatic rings. The van der Waals surface area contributed by atoms with E-state index in [2.05, 4.69) is 35.5 Å². The molecule has 5 heteroatoms. The standard InChI is InChI=1S/C16H17NO2S2/c1-3-12-6-8-20-15(12)10-17-16(19)14-9-11(2)13(21-14)5-4-7-18/h6,8-9,18H,3,7,10H2,1-2H3,(H,17,19). The number of hydrogen-bond donors (Lipinski definition) is 2. The van der Waals surface area contributed by atoms with Crippen molar-refractivity contribution in [2.75, 3.05) is 6.61 Å². The number of aryl methyl sites for hydroxylation is 2. The van der Waals surface area contributed by atoms with Crippen LogP contribution in [0.2, 0.25) is 0 Å². The second kappa shape index (κ2) is 7.41. The third-order valence-corrected chi connectivity index (χ3v) is 5.17. The first kappa shape index (κ1) is 15.8. The molecule has 0 spiro atoms. The van der Waals surface area contributed by atoms with Crippen LogP contribution in [0.4, 0.5) is 0 Å². The lowest BCUT2D eigenvalue weighted by molar-refractivity contribution is 0.0955. The second-order valence-corrected chi connectivity index (χ2v) is 6.54. The van der Waals surface area contributed by atoms with Gasteiger partial charge in [0.1, 0.15) is 6.61 Å². The number of thiophene rings is 2. The Balaban J connectivity index is 2.04. The lowest BCUT2D eigenvalue weighted by atomic mass is 10.2. The number of nitrogens with one attached hydrogen (secondary N) is 1.